The third kappa shape index (κ3) is 3.80. The van der Waals surface area contributed by atoms with Gasteiger partial charge in [0.05, 0.1) is 10.6 Å². The third-order valence-corrected chi connectivity index (χ3v) is 5.42. The second kappa shape index (κ2) is 7.45. The van der Waals surface area contributed by atoms with Crippen LogP contribution in [0.4, 0.5) is 5.69 Å². The molecule has 4 nitrogen and oxygen atoms in total. The Kier molecular flexibility index (Phi) is 5.30. The molecule has 1 N–H and O–H groups in total. The summed E-state index contributed by atoms with van der Waals surface area (Å²) in [6.45, 7) is 2.08. The van der Waals surface area contributed by atoms with Crippen LogP contribution < -0.4 is 0 Å². The minimum absolute atomic E-state index is 0.128. The molecular formula is C19H17BrN2O2S. The molecular weight excluding hydrogens is 400 g/mol. The molecule has 2 aromatic rings. The number of carbonyl (C=O) groups is 1. The number of amidine groups is 1. The topological polar surface area (TPSA) is 52.9 Å². The van der Waals surface area contributed by atoms with Crippen molar-refractivity contribution < 1.29 is 9.90 Å². The number of aryl methyl sites for hydroxylation is 1. The lowest BCUT2D eigenvalue weighted by molar-refractivity contribution is -0.121. The molecule has 1 heterocycles. The summed E-state index contributed by atoms with van der Waals surface area (Å²) in [6, 6.07) is 13.0. The van der Waals surface area contributed by atoms with Crippen molar-refractivity contribution in [2.24, 2.45) is 4.99 Å². The number of phenols is 1. The SMILES string of the molecule is CCc1ccccc1N=C1S/C(=C/c2cc(Br)ccc2O)C(=O)N1C. The van der Waals surface area contributed by atoms with Crippen LogP contribution in [0.1, 0.15) is 18.1 Å². The molecule has 0 aliphatic carbocycles. The predicted octanol–water partition coefficient (Wildman–Crippen LogP) is 4.95. The number of hydrogen-bond acceptors (Lipinski definition) is 4. The number of hydrogen-bond donors (Lipinski definition) is 1. The van der Waals surface area contributed by atoms with E-state index in [1.165, 1.54) is 16.7 Å². The van der Waals surface area contributed by atoms with E-state index in [4.69, 9.17) is 0 Å². The van der Waals surface area contributed by atoms with Gasteiger partial charge in [0.1, 0.15) is 5.75 Å². The normalized spacial score (nSPS) is 17.7. The summed E-state index contributed by atoms with van der Waals surface area (Å²) >= 11 is 4.69. The fraction of sp³-hybridized carbons (Fsp3) is 0.158. The number of para-hydroxylation sites is 1. The first-order valence-corrected chi connectivity index (χ1v) is 9.43. The van der Waals surface area contributed by atoms with Gasteiger partial charge in [0.25, 0.3) is 5.91 Å². The number of amides is 1. The summed E-state index contributed by atoms with van der Waals surface area (Å²) < 4.78 is 0.840. The van der Waals surface area contributed by atoms with Gasteiger partial charge >= 0.3 is 0 Å². The van der Waals surface area contributed by atoms with Gasteiger partial charge in [0, 0.05) is 17.1 Å². The standard InChI is InChI=1S/C19H17BrN2O2S/c1-3-12-6-4-5-7-15(12)21-19-22(2)18(24)17(25-19)11-13-10-14(20)8-9-16(13)23/h4-11,23H,3H2,1-2H3/b17-11+,21-19?. The zero-order chi connectivity index (χ0) is 18.0. The molecule has 6 heteroatoms. The minimum atomic E-state index is -0.128. The number of benzene rings is 2. The summed E-state index contributed by atoms with van der Waals surface area (Å²) in [6.07, 6.45) is 2.57. The summed E-state index contributed by atoms with van der Waals surface area (Å²) in [7, 11) is 1.71. The first kappa shape index (κ1) is 17.8. The Labute approximate surface area is 159 Å². The Morgan fingerprint density at radius 3 is 2.80 bits per heavy atom. The number of aliphatic imine (C=N–C) groups is 1. The minimum Gasteiger partial charge on any atom is -0.507 e. The number of nitrogens with zero attached hydrogens (tertiary/aromatic N) is 2. The van der Waals surface area contributed by atoms with Crippen LogP contribution in [-0.2, 0) is 11.2 Å². The van der Waals surface area contributed by atoms with Crippen molar-refractivity contribution in [3.8, 4) is 5.75 Å². The van der Waals surface area contributed by atoms with Crippen LogP contribution in [0.15, 0.2) is 56.8 Å². The molecule has 0 aromatic heterocycles. The highest BCUT2D eigenvalue weighted by atomic mass is 79.9. The second-order valence-electron chi connectivity index (χ2n) is 5.55. The van der Waals surface area contributed by atoms with E-state index in [2.05, 4.69) is 27.8 Å². The van der Waals surface area contributed by atoms with Gasteiger partial charge in [0.15, 0.2) is 5.17 Å². The zero-order valence-corrected chi connectivity index (χ0v) is 16.3. The third-order valence-electron chi connectivity index (χ3n) is 3.87. The van der Waals surface area contributed by atoms with Crippen LogP contribution in [0.5, 0.6) is 5.75 Å². The average molecular weight is 417 g/mol. The molecule has 1 fully saturated rings. The number of rotatable bonds is 3. The Morgan fingerprint density at radius 2 is 2.04 bits per heavy atom. The van der Waals surface area contributed by atoms with Gasteiger partial charge in [-0.2, -0.15) is 0 Å². The lowest BCUT2D eigenvalue weighted by atomic mass is 10.1. The van der Waals surface area contributed by atoms with Crippen molar-refractivity contribution in [2.75, 3.05) is 7.05 Å². The number of carbonyl (C=O) groups excluding carboxylic acids is 1. The fourth-order valence-corrected chi connectivity index (χ4v) is 3.81. The van der Waals surface area contributed by atoms with Crippen molar-refractivity contribution >= 4 is 50.5 Å². The first-order valence-electron chi connectivity index (χ1n) is 7.82. The van der Waals surface area contributed by atoms with Crippen molar-refractivity contribution in [3.05, 3.63) is 63.0 Å². The monoisotopic (exact) mass is 416 g/mol. The van der Waals surface area contributed by atoms with Gasteiger partial charge in [-0.25, -0.2) is 4.99 Å². The summed E-state index contributed by atoms with van der Waals surface area (Å²) in [5.41, 5.74) is 2.60. The summed E-state index contributed by atoms with van der Waals surface area (Å²) in [5, 5.41) is 10.6. The highest BCUT2D eigenvalue weighted by molar-refractivity contribution is 9.10. The smallest absolute Gasteiger partial charge is 0.266 e. The lowest BCUT2D eigenvalue weighted by Gasteiger charge is -2.08. The predicted molar refractivity (Wildman–Crippen MR) is 107 cm³/mol. The van der Waals surface area contributed by atoms with Crippen LogP contribution in [0.3, 0.4) is 0 Å². The van der Waals surface area contributed by atoms with Crippen molar-refractivity contribution in [3.63, 3.8) is 0 Å². The molecule has 1 aliphatic heterocycles. The van der Waals surface area contributed by atoms with Crippen molar-refractivity contribution in [1.82, 2.24) is 4.90 Å². The number of thioether (sulfide) groups is 1. The van der Waals surface area contributed by atoms with E-state index in [-0.39, 0.29) is 11.7 Å². The Hall–Kier alpha value is -2.05. The molecule has 3 rings (SSSR count). The maximum atomic E-state index is 12.5. The largest absolute Gasteiger partial charge is 0.507 e. The highest BCUT2D eigenvalue weighted by Crippen LogP contribution is 2.35. The molecule has 0 spiro atoms. The van der Waals surface area contributed by atoms with Gasteiger partial charge in [0.2, 0.25) is 0 Å². The molecule has 1 amide bonds. The number of halogens is 1. The Balaban J connectivity index is 1.96. The van der Waals surface area contributed by atoms with Crippen LogP contribution in [-0.4, -0.2) is 28.1 Å². The Bertz CT molecular complexity index is 893. The summed E-state index contributed by atoms with van der Waals surface area (Å²) in [5.74, 6) is 0.00516. The fourth-order valence-electron chi connectivity index (χ4n) is 2.46. The number of likely N-dealkylation sites (N-methyl/N-ethyl adjacent to an activating group) is 1. The van der Waals surface area contributed by atoms with Crippen LogP contribution in [0.2, 0.25) is 0 Å². The lowest BCUT2D eigenvalue weighted by Crippen LogP contribution is -2.23. The van der Waals surface area contributed by atoms with E-state index in [9.17, 15) is 9.90 Å². The molecule has 128 valence electrons. The maximum absolute atomic E-state index is 12.5. The van der Waals surface area contributed by atoms with Crippen molar-refractivity contribution in [1.29, 1.82) is 0 Å². The van der Waals surface area contributed by atoms with E-state index in [0.29, 0.717) is 15.6 Å². The van der Waals surface area contributed by atoms with Crippen LogP contribution >= 0.6 is 27.7 Å². The zero-order valence-electron chi connectivity index (χ0n) is 13.9. The average Bonchev–Trinajstić information content (AvgIpc) is 2.87. The Morgan fingerprint density at radius 1 is 1.28 bits per heavy atom. The van der Waals surface area contributed by atoms with E-state index in [0.717, 1.165) is 22.1 Å². The molecule has 1 saturated heterocycles. The van der Waals surface area contributed by atoms with Crippen molar-refractivity contribution in [2.45, 2.75) is 13.3 Å². The van der Waals surface area contributed by atoms with E-state index >= 15 is 0 Å². The molecule has 1 aliphatic rings. The molecule has 0 unspecified atom stereocenters. The molecule has 25 heavy (non-hydrogen) atoms. The maximum Gasteiger partial charge on any atom is 0.266 e. The van der Waals surface area contributed by atoms with Gasteiger partial charge < -0.3 is 5.11 Å². The van der Waals surface area contributed by atoms with E-state index < -0.39 is 0 Å². The highest BCUT2D eigenvalue weighted by Gasteiger charge is 2.30. The number of aromatic hydroxyl groups is 1. The first-order chi connectivity index (χ1) is 12.0. The molecule has 0 radical (unpaired) electrons. The molecule has 2 aromatic carbocycles. The quantitative estimate of drug-likeness (QED) is 0.719. The molecule has 0 atom stereocenters. The van der Waals surface area contributed by atoms with Gasteiger partial charge in [-0.05, 0) is 54.1 Å². The van der Waals surface area contributed by atoms with Gasteiger partial charge in [-0.15, -0.1) is 0 Å². The number of phenolic OH excluding ortho intramolecular Hbond substituents is 1. The molecule has 0 bridgehead atoms. The van der Waals surface area contributed by atoms with Crippen LogP contribution in [0, 0.1) is 0 Å². The van der Waals surface area contributed by atoms with E-state index in [1.54, 1.807) is 31.3 Å². The van der Waals surface area contributed by atoms with Gasteiger partial charge in [-0.3, -0.25) is 9.69 Å². The summed E-state index contributed by atoms with van der Waals surface area (Å²) in [4.78, 5) is 19.3. The molecule has 0 saturated carbocycles. The van der Waals surface area contributed by atoms with E-state index in [1.807, 2.05) is 24.3 Å². The second-order valence-corrected chi connectivity index (χ2v) is 7.48. The van der Waals surface area contributed by atoms with Gasteiger partial charge in [-0.1, -0.05) is 41.1 Å². The van der Waals surface area contributed by atoms with Crippen LogP contribution in [0.25, 0.3) is 6.08 Å².